The number of nitrogens with one attached hydrogen (secondary N) is 4. The van der Waals surface area contributed by atoms with Gasteiger partial charge in [-0.2, -0.15) is 11.8 Å². The van der Waals surface area contributed by atoms with Crippen LogP contribution >= 0.6 is 11.8 Å². The zero-order chi connectivity index (χ0) is 29.8. The predicted octanol–water partition coefficient (Wildman–Crippen LogP) is 1.24. The average molecular weight is 578 g/mol. The van der Waals surface area contributed by atoms with Crippen LogP contribution in [-0.2, 0) is 30.4 Å². The van der Waals surface area contributed by atoms with Gasteiger partial charge in [0, 0.05) is 29.9 Å². The second-order valence-electron chi connectivity index (χ2n) is 9.72. The molecule has 5 unspecified atom stereocenters. The maximum Gasteiger partial charge on any atom is 0.326 e. The highest BCUT2D eigenvalue weighted by Gasteiger charge is 2.33. The standard InChI is InChI=1S/C27H39N5O7S/c1-4-15(2)23(32-24(35)18(28)11-12-40-3)26(37)31-21(13-16-14-29-19-8-6-5-7-17(16)19)25(36)30-20(27(38)39)9-10-22(33)34/h5-8,14-15,18,20-21,23,29H,4,9-13,28H2,1-3H3,(H,30,36)(H,31,37)(H,32,35)(H,33,34)(H,38,39). The molecule has 0 aliphatic carbocycles. The van der Waals surface area contributed by atoms with Crippen molar-refractivity contribution in [3.8, 4) is 0 Å². The van der Waals surface area contributed by atoms with Crippen LogP contribution in [0.25, 0.3) is 10.9 Å². The summed E-state index contributed by atoms with van der Waals surface area (Å²) < 4.78 is 0. The monoisotopic (exact) mass is 577 g/mol. The molecule has 0 aliphatic heterocycles. The number of nitrogens with two attached hydrogens (primary N) is 1. The largest absolute Gasteiger partial charge is 0.481 e. The second-order valence-corrected chi connectivity index (χ2v) is 10.7. The maximum absolute atomic E-state index is 13.5. The lowest BCUT2D eigenvalue weighted by Crippen LogP contribution is -2.59. The molecule has 0 fully saturated rings. The van der Waals surface area contributed by atoms with E-state index in [1.54, 1.807) is 24.9 Å². The van der Waals surface area contributed by atoms with Crippen molar-refractivity contribution < 1.29 is 34.2 Å². The molecule has 0 bridgehead atoms. The molecule has 5 atom stereocenters. The van der Waals surface area contributed by atoms with E-state index in [1.165, 1.54) is 0 Å². The first kappa shape index (κ1) is 32.6. The van der Waals surface area contributed by atoms with Crippen LogP contribution in [0.15, 0.2) is 30.5 Å². The van der Waals surface area contributed by atoms with Crippen LogP contribution < -0.4 is 21.7 Å². The molecule has 40 heavy (non-hydrogen) atoms. The van der Waals surface area contributed by atoms with Gasteiger partial charge in [0.25, 0.3) is 0 Å². The third kappa shape index (κ3) is 9.56. The van der Waals surface area contributed by atoms with Crippen molar-refractivity contribution in [1.82, 2.24) is 20.9 Å². The fourth-order valence-electron chi connectivity index (χ4n) is 4.13. The number of H-pyrrole nitrogens is 1. The van der Waals surface area contributed by atoms with Gasteiger partial charge in [-0.3, -0.25) is 19.2 Å². The number of fused-ring (bicyclic) bond motifs is 1. The Bertz CT molecular complexity index is 1190. The van der Waals surface area contributed by atoms with E-state index >= 15 is 0 Å². The number of aromatic nitrogens is 1. The normalized spacial score (nSPS) is 14.9. The average Bonchev–Trinajstić information content (AvgIpc) is 3.33. The highest BCUT2D eigenvalue weighted by molar-refractivity contribution is 7.98. The Labute approximate surface area is 237 Å². The highest BCUT2D eigenvalue weighted by Crippen LogP contribution is 2.20. The molecule has 3 amide bonds. The number of para-hydroxylation sites is 1. The maximum atomic E-state index is 13.5. The van der Waals surface area contributed by atoms with Crippen molar-refractivity contribution in [2.45, 2.75) is 70.1 Å². The van der Waals surface area contributed by atoms with Gasteiger partial charge in [0.15, 0.2) is 0 Å². The van der Waals surface area contributed by atoms with Crippen LogP contribution in [0, 0.1) is 5.92 Å². The zero-order valence-electron chi connectivity index (χ0n) is 22.9. The summed E-state index contributed by atoms with van der Waals surface area (Å²) in [6.45, 7) is 3.65. The number of aliphatic carboxylic acids is 2. The predicted molar refractivity (Wildman–Crippen MR) is 153 cm³/mol. The first-order valence-corrected chi connectivity index (χ1v) is 14.5. The Kier molecular flexibility index (Phi) is 12.9. The number of carboxylic acids is 2. The number of hydrogen-bond acceptors (Lipinski definition) is 7. The number of carbonyl (C=O) groups excluding carboxylic acids is 3. The number of rotatable bonds is 17. The minimum atomic E-state index is -1.47. The third-order valence-electron chi connectivity index (χ3n) is 6.76. The van der Waals surface area contributed by atoms with E-state index in [0.29, 0.717) is 24.2 Å². The Hall–Kier alpha value is -3.58. The molecule has 13 heteroatoms. The molecule has 0 radical (unpaired) electrons. The van der Waals surface area contributed by atoms with Crippen LogP contribution in [0.2, 0.25) is 0 Å². The number of amides is 3. The van der Waals surface area contributed by atoms with Gasteiger partial charge in [-0.05, 0) is 42.4 Å². The summed E-state index contributed by atoms with van der Waals surface area (Å²) in [6.07, 6.45) is 3.80. The van der Waals surface area contributed by atoms with Crippen LogP contribution in [0.4, 0.5) is 0 Å². The lowest BCUT2D eigenvalue weighted by Gasteiger charge is -2.28. The molecular formula is C27H39N5O7S. The SMILES string of the molecule is CCC(C)C(NC(=O)C(N)CCSC)C(=O)NC(Cc1c[nH]c2ccccc12)C(=O)NC(CCC(=O)O)C(=O)O. The third-order valence-corrected chi connectivity index (χ3v) is 7.40. The Morgan fingerprint density at radius 1 is 0.975 bits per heavy atom. The van der Waals surface area contributed by atoms with E-state index in [1.807, 2.05) is 37.4 Å². The Morgan fingerprint density at radius 3 is 2.27 bits per heavy atom. The molecule has 1 aromatic carbocycles. The minimum Gasteiger partial charge on any atom is -0.481 e. The van der Waals surface area contributed by atoms with Gasteiger partial charge in [-0.25, -0.2) is 4.79 Å². The van der Waals surface area contributed by atoms with Crippen molar-refractivity contribution >= 4 is 52.3 Å². The summed E-state index contributed by atoms with van der Waals surface area (Å²) in [4.78, 5) is 65.4. The summed E-state index contributed by atoms with van der Waals surface area (Å²) in [5, 5.41) is 27.1. The Balaban J connectivity index is 2.32. The zero-order valence-corrected chi connectivity index (χ0v) is 23.8. The van der Waals surface area contributed by atoms with E-state index in [9.17, 15) is 29.1 Å². The first-order chi connectivity index (χ1) is 19.0. The van der Waals surface area contributed by atoms with Gasteiger partial charge in [-0.1, -0.05) is 38.5 Å². The van der Waals surface area contributed by atoms with E-state index in [4.69, 9.17) is 10.8 Å². The fourth-order valence-corrected chi connectivity index (χ4v) is 4.62. The summed E-state index contributed by atoms with van der Waals surface area (Å²) in [5.74, 6) is -4.10. The van der Waals surface area contributed by atoms with E-state index in [-0.39, 0.29) is 18.8 Å². The van der Waals surface area contributed by atoms with Crippen LogP contribution in [0.3, 0.4) is 0 Å². The van der Waals surface area contributed by atoms with Gasteiger partial charge in [0.05, 0.1) is 6.04 Å². The van der Waals surface area contributed by atoms with Gasteiger partial charge >= 0.3 is 11.9 Å². The van der Waals surface area contributed by atoms with E-state index < -0.39 is 60.2 Å². The van der Waals surface area contributed by atoms with Gasteiger partial charge in [0.2, 0.25) is 17.7 Å². The molecule has 2 rings (SSSR count). The van der Waals surface area contributed by atoms with Crippen LogP contribution in [0.5, 0.6) is 0 Å². The molecule has 0 saturated carbocycles. The molecule has 2 aromatic rings. The summed E-state index contributed by atoms with van der Waals surface area (Å²) in [6, 6.07) is 2.90. The molecule has 8 N–H and O–H groups in total. The molecule has 0 spiro atoms. The van der Waals surface area contributed by atoms with Gasteiger partial charge in [0.1, 0.15) is 18.1 Å². The van der Waals surface area contributed by atoms with Crippen molar-refractivity contribution in [2.75, 3.05) is 12.0 Å². The molecule has 1 aromatic heterocycles. The number of hydrogen-bond donors (Lipinski definition) is 7. The van der Waals surface area contributed by atoms with Gasteiger partial charge in [-0.15, -0.1) is 0 Å². The van der Waals surface area contributed by atoms with Crippen LogP contribution in [0.1, 0.15) is 45.1 Å². The summed E-state index contributed by atoms with van der Waals surface area (Å²) in [5.41, 5.74) is 7.52. The van der Waals surface area contributed by atoms with Crippen LogP contribution in [-0.4, -0.2) is 81.0 Å². The quantitative estimate of drug-likeness (QED) is 0.144. The van der Waals surface area contributed by atoms with Crippen molar-refractivity contribution in [1.29, 1.82) is 0 Å². The second kappa shape index (κ2) is 15.9. The van der Waals surface area contributed by atoms with E-state index in [2.05, 4.69) is 20.9 Å². The van der Waals surface area contributed by atoms with Crippen molar-refractivity contribution in [3.05, 3.63) is 36.0 Å². The fraction of sp³-hybridized carbons (Fsp3) is 0.519. The molecule has 0 saturated heterocycles. The number of carbonyl (C=O) groups is 5. The topological polar surface area (TPSA) is 204 Å². The number of benzene rings is 1. The molecule has 220 valence electrons. The molecular weight excluding hydrogens is 538 g/mol. The number of thioether (sulfide) groups is 1. The summed E-state index contributed by atoms with van der Waals surface area (Å²) >= 11 is 1.55. The first-order valence-electron chi connectivity index (χ1n) is 13.1. The Morgan fingerprint density at radius 2 is 1.65 bits per heavy atom. The lowest BCUT2D eigenvalue weighted by atomic mass is 9.96. The van der Waals surface area contributed by atoms with Crippen molar-refractivity contribution in [3.63, 3.8) is 0 Å². The lowest BCUT2D eigenvalue weighted by molar-refractivity contribution is -0.143. The minimum absolute atomic E-state index is 0.0151. The molecule has 1 heterocycles. The smallest absolute Gasteiger partial charge is 0.326 e. The van der Waals surface area contributed by atoms with Crippen molar-refractivity contribution in [2.24, 2.45) is 11.7 Å². The number of aromatic amines is 1. The van der Waals surface area contributed by atoms with Gasteiger partial charge < -0.3 is 36.9 Å². The molecule has 0 aliphatic rings. The molecule has 12 nitrogen and oxygen atoms in total. The summed E-state index contributed by atoms with van der Waals surface area (Å²) in [7, 11) is 0. The van der Waals surface area contributed by atoms with E-state index in [0.717, 1.165) is 10.9 Å². The highest BCUT2D eigenvalue weighted by atomic mass is 32.2. The number of carboxylic acid groups (broad SMARTS) is 2.